The molecule has 5 rings (SSSR count). The fourth-order valence-corrected chi connectivity index (χ4v) is 6.85. The molecule has 1 unspecified atom stereocenters. The van der Waals surface area contributed by atoms with E-state index >= 15 is 4.39 Å². The van der Waals surface area contributed by atoms with Crippen molar-refractivity contribution in [3.63, 3.8) is 0 Å². The average molecular weight is 691 g/mol. The summed E-state index contributed by atoms with van der Waals surface area (Å²) in [5, 5.41) is -0.554. The third-order valence-corrected chi connectivity index (χ3v) is 8.97. The highest BCUT2D eigenvalue weighted by Gasteiger charge is 2.40. The van der Waals surface area contributed by atoms with Crippen LogP contribution < -0.4 is 10.6 Å². The van der Waals surface area contributed by atoms with Gasteiger partial charge in [0.25, 0.3) is 0 Å². The number of piperazine rings is 1. The minimum absolute atomic E-state index is 0.00431. The fourth-order valence-electron chi connectivity index (χ4n) is 5.41. The molecule has 2 aliphatic rings. The van der Waals surface area contributed by atoms with Crippen LogP contribution in [0.25, 0.3) is 22.0 Å². The summed E-state index contributed by atoms with van der Waals surface area (Å²) in [6.07, 6.45) is -6.17. The Kier molecular flexibility index (Phi) is 9.79. The maximum absolute atomic E-state index is 15.3. The Morgan fingerprint density at radius 1 is 1.07 bits per heavy atom. The first-order valence-corrected chi connectivity index (χ1v) is 15.7. The number of ether oxygens (including phenoxy) is 3. The maximum Gasteiger partial charge on any atom is 0.417 e. The van der Waals surface area contributed by atoms with Gasteiger partial charge >= 0.3 is 18.0 Å². The van der Waals surface area contributed by atoms with Crippen LogP contribution in [-0.4, -0.2) is 84.5 Å². The summed E-state index contributed by atoms with van der Waals surface area (Å²) in [6, 6.07) is 2.09. The zero-order valence-electron chi connectivity index (χ0n) is 25.5. The largest absolute Gasteiger partial charge is 0.444 e. The molecule has 0 spiro atoms. The quantitative estimate of drug-likeness (QED) is 0.172. The second-order valence-corrected chi connectivity index (χ2v) is 13.3. The van der Waals surface area contributed by atoms with Gasteiger partial charge in [0.15, 0.2) is 0 Å². The molecule has 2 aromatic carbocycles. The van der Waals surface area contributed by atoms with Crippen molar-refractivity contribution in [2.24, 2.45) is 0 Å². The van der Waals surface area contributed by atoms with Gasteiger partial charge in [0.05, 0.1) is 42.0 Å². The van der Waals surface area contributed by atoms with E-state index in [9.17, 15) is 27.2 Å². The molecule has 250 valence electrons. The van der Waals surface area contributed by atoms with E-state index in [-0.39, 0.29) is 73.3 Å². The van der Waals surface area contributed by atoms with Gasteiger partial charge in [-0.2, -0.15) is 18.2 Å². The molecule has 46 heavy (non-hydrogen) atoms. The van der Waals surface area contributed by atoms with Crippen molar-refractivity contribution in [1.29, 1.82) is 0 Å². The molecule has 1 saturated heterocycles. The Labute approximate surface area is 270 Å². The predicted molar refractivity (Wildman–Crippen MR) is 164 cm³/mol. The first kappa shape index (κ1) is 34.2. The second-order valence-electron chi connectivity index (χ2n) is 11.8. The number of amides is 1. The number of carbonyl (C=O) groups excluding carboxylic acids is 1. The summed E-state index contributed by atoms with van der Waals surface area (Å²) in [5.74, 6) is -2.27. The lowest BCUT2D eigenvalue weighted by molar-refractivity contribution is -0.137. The summed E-state index contributed by atoms with van der Waals surface area (Å²) >= 11 is 6.91. The number of carbonyl (C=O) groups is 1. The number of hydrogen-bond donors (Lipinski definition) is 0. The number of nitrogens with zero attached hydrogens (tertiary/aromatic N) is 4. The van der Waals surface area contributed by atoms with Crippen molar-refractivity contribution in [2.75, 3.05) is 57.2 Å². The summed E-state index contributed by atoms with van der Waals surface area (Å²) < 4.78 is 91.7. The highest BCUT2D eigenvalue weighted by Crippen LogP contribution is 2.49. The molecule has 9 nitrogen and oxygen atoms in total. The summed E-state index contributed by atoms with van der Waals surface area (Å²) in [4.78, 5) is 33.6. The van der Waals surface area contributed by atoms with E-state index in [1.807, 2.05) is 0 Å². The molecule has 3 aromatic rings. The van der Waals surface area contributed by atoms with Crippen LogP contribution in [0.15, 0.2) is 27.9 Å². The monoisotopic (exact) mass is 690 g/mol. The molecule has 0 aliphatic carbocycles. The van der Waals surface area contributed by atoms with E-state index in [1.165, 1.54) is 16.6 Å². The van der Waals surface area contributed by atoms with Gasteiger partial charge < -0.3 is 24.0 Å². The number of alkyl halides is 3. The summed E-state index contributed by atoms with van der Waals surface area (Å²) in [5.41, 5.74) is -3.70. The van der Waals surface area contributed by atoms with E-state index in [2.05, 4.69) is 4.98 Å². The molecule has 3 heterocycles. The van der Waals surface area contributed by atoms with Crippen LogP contribution in [0.2, 0.25) is 5.02 Å². The van der Waals surface area contributed by atoms with E-state index in [1.54, 1.807) is 25.7 Å². The van der Waals surface area contributed by atoms with Crippen LogP contribution >= 0.6 is 23.4 Å². The molecule has 0 bridgehead atoms. The Bertz CT molecular complexity index is 1710. The smallest absolute Gasteiger partial charge is 0.417 e. The van der Waals surface area contributed by atoms with E-state index in [0.717, 1.165) is 23.9 Å². The minimum Gasteiger partial charge on any atom is -0.444 e. The molecule has 2 aliphatic heterocycles. The zero-order valence-corrected chi connectivity index (χ0v) is 27.0. The van der Waals surface area contributed by atoms with E-state index < -0.39 is 63.0 Å². The number of halogens is 6. The highest BCUT2D eigenvalue weighted by molar-refractivity contribution is 7.99. The van der Waals surface area contributed by atoms with Crippen LogP contribution in [0.3, 0.4) is 0 Å². The highest BCUT2D eigenvalue weighted by atomic mass is 35.5. The molecule has 0 saturated carbocycles. The zero-order chi connectivity index (χ0) is 33.6. The molecule has 16 heteroatoms. The lowest BCUT2D eigenvalue weighted by atomic mass is 9.95. The van der Waals surface area contributed by atoms with Gasteiger partial charge in [0, 0.05) is 66.5 Å². The number of rotatable bonds is 6. The molecular weight excluding hydrogens is 659 g/mol. The molecule has 1 atom stereocenters. The molecule has 1 amide bonds. The van der Waals surface area contributed by atoms with E-state index in [0.29, 0.717) is 6.07 Å². The van der Waals surface area contributed by atoms with Gasteiger partial charge in [-0.15, -0.1) is 11.8 Å². The predicted octanol–water partition coefficient (Wildman–Crippen LogP) is 6.21. The number of aromatic nitrogens is 2. The van der Waals surface area contributed by atoms with Gasteiger partial charge in [-0.3, -0.25) is 4.57 Å². The third-order valence-electron chi connectivity index (χ3n) is 7.45. The van der Waals surface area contributed by atoms with E-state index in [4.69, 9.17) is 25.8 Å². The third kappa shape index (κ3) is 7.06. The average Bonchev–Trinajstić information content (AvgIpc) is 3.16. The molecular formula is C30H32ClF5N4O5S. The molecule has 0 N–H and O–H groups in total. The first-order chi connectivity index (χ1) is 21.6. The van der Waals surface area contributed by atoms with Crippen molar-refractivity contribution in [3.05, 3.63) is 50.9 Å². The number of methoxy groups -OCH3 is 1. The number of thioether (sulfide) groups is 1. The van der Waals surface area contributed by atoms with Gasteiger partial charge in [-0.1, -0.05) is 11.6 Å². The Hall–Kier alpha value is -3.14. The normalized spacial score (nSPS) is 17.4. The number of hydrogen-bond acceptors (Lipinski definition) is 8. The lowest BCUT2D eigenvalue weighted by Gasteiger charge is -2.36. The van der Waals surface area contributed by atoms with Crippen LogP contribution in [0.5, 0.6) is 0 Å². The fraction of sp³-hybridized carbons (Fsp3) is 0.500. The second kappa shape index (κ2) is 13.2. The van der Waals surface area contributed by atoms with Gasteiger partial charge in [-0.05, 0) is 32.9 Å². The van der Waals surface area contributed by atoms with Crippen molar-refractivity contribution >= 4 is 46.2 Å². The Morgan fingerprint density at radius 2 is 1.76 bits per heavy atom. The first-order valence-electron chi connectivity index (χ1n) is 14.4. The molecule has 1 aromatic heterocycles. The lowest BCUT2D eigenvalue weighted by Crippen LogP contribution is -2.50. The van der Waals surface area contributed by atoms with Gasteiger partial charge in [0.1, 0.15) is 23.1 Å². The van der Waals surface area contributed by atoms with Crippen LogP contribution in [-0.2, 0) is 26.9 Å². The number of benzene rings is 2. The van der Waals surface area contributed by atoms with Crippen molar-refractivity contribution < 1.29 is 41.0 Å². The van der Waals surface area contributed by atoms with Crippen LogP contribution in [0.4, 0.5) is 32.6 Å². The van der Waals surface area contributed by atoms with Crippen molar-refractivity contribution in [1.82, 2.24) is 14.5 Å². The summed E-state index contributed by atoms with van der Waals surface area (Å²) in [6.45, 7) is 6.21. The number of anilines is 1. The van der Waals surface area contributed by atoms with Crippen molar-refractivity contribution in [3.8, 4) is 11.1 Å². The van der Waals surface area contributed by atoms with Crippen molar-refractivity contribution in [2.45, 2.75) is 50.1 Å². The van der Waals surface area contributed by atoms with Crippen LogP contribution in [0, 0.1) is 11.6 Å². The molecule has 1 fully saturated rings. The molecule has 0 radical (unpaired) electrons. The topological polar surface area (TPSA) is 86.1 Å². The summed E-state index contributed by atoms with van der Waals surface area (Å²) in [7, 11) is 1.48. The minimum atomic E-state index is -5.00. The SMILES string of the molecule is COCCOC1CSc2c(-c3cc(Cl)c(F)cc3F)c(C(F)(F)F)cc3c(N4CCN(C(=O)OC(C)(C)C)CC4)nc(=O)n(c23)C1. The van der Waals surface area contributed by atoms with Gasteiger partial charge in [0.2, 0.25) is 0 Å². The maximum atomic E-state index is 15.3. The van der Waals surface area contributed by atoms with Crippen LogP contribution in [0.1, 0.15) is 26.3 Å². The van der Waals surface area contributed by atoms with Gasteiger partial charge in [-0.25, -0.2) is 18.4 Å². The standard InChI is InChI=1S/C30H32ClF5N4O5S/c1-29(2,3)45-28(42)39-7-5-38(6-8-39)26-18-11-19(30(34,35)36)23(17-12-20(31)22(33)13-21(17)32)25-24(18)40(27(41)37-26)14-16(15-46-25)44-10-9-43-4/h11-13,16H,5-10,14-15H2,1-4H3. The Balaban J connectivity index is 1.70. The Morgan fingerprint density at radius 3 is 2.39 bits per heavy atom.